The van der Waals surface area contributed by atoms with Gasteiger partial charge in [-0.15, -0.1) is 0 Å². The normalized spacial score (nSPS) is 10.7. The van der Waals surface area contributed by atoms with Gasteiger partial charge in [0.15, 0.2) is 0 Å². The number of esters is 1. The molecule has 0 unspecified atom stereocenters. The maximum Gasteiger partial charge on any atom is 0.338 e. The molecule has 0 N–H and O–H groups in total. The Hall–Kier alpha value is -3.22. The number of aromatic nitrogens is 3. The Morgan fingerprint density at radius 2 is 1.96 bits per heavy atom. The lowest BCUT2D eigenvalue weighted by atomic mass is 10.0. The van der Waals surface area contributed by atoms with Gasteiger partial charge in [-0.1, -0.05) is 6.07 Å². The van der Waals surface area contributed by atoms with Crippen molar-refractivity contribution in [3.63, 3.8) is 0 Å². The summed E-state index contributed by atoms with van der Waals surface area (Å²) >= 11 is 0. The predicted octanol–water partition coefficient (Wildman–Crippen LogP) is 2.12. The Bertz CT molecular complexity index is 976. The Kier molecular flexibility index (Phi) is 4.22. The number of hydrogen-bond acceptors (Lipinski definition) is 5. The summed E-state index contributed by atoms with van der Waals surface area (Å²) in [5, 5.41) is 0.632. The molecule has 7 nitrogen and oxygen atoms in total. The van der Waals surface area contributed by atoms with Crippen LogP contribution in [0.3, 0.4) is 0 Å². The molecular weight excluding hydrogens is 320 g/mol. The zero-order valence-electron chi connectivity index (χ0n) is 14.5. The number of pyridine rings is 1. The maximum atomic E-state index is 12.2. The van der Waals surface area contributed by atoms with Crippen molar-refractivity contribution in [2.45, 2.75) is 0 Å². The molecule has 3 rings (SSSR count). The van der Waals surface area contributed by atoms with Crippen molar-refractivity contribution in [2.24, 2.45) is 7.05 Å². The molecule has 1 amide bonds. The van der Waals surface area contributed by atoms with Crippen LogP contribution >= 0.6 is 0 Å². The highest BCUT2D eigenvalue weighted by Gasteiger charge is 2.17. The molecule has 7 heteroatoms. The lowest BCUT2D eigenvalue weighted by molar-refractivity contribution is 0.0602. The molecule has 1 aromatic carbocycles. The van der Waals surface area contributed by atoms with E-state index in [0.717, 1.165) is 5.69 Å². The minimum atomic E-state index is -0.456. The van der Waals surface area contributed by atoms with Gasteiger partial charge in [-0.2, -0.15) is 0 Å². The quantitative estimate of drug-likeness (QED) is 0.684. The van der Waals surface area contributed by atoms with E-state index in [1.165, 1.54) is 12.0 Å². The fourth-order valence-corrected chi connectivity index (χ4v) is 2.63. The third kappa shape index (κ3) is 2.96. The topological polar surface area (TPSA) is 77.3 Å². The lowest BCUT2D eigenvalue weighted by Gasteiger charge is -2.12. The van der Waals surface area contributed by atoms with Crippen molar-refractivity contribution >= 4 is 22.8 Å². The summed E-state index contributed by atoms with van der Waals surface area (Å²) in [5.41, 5.74) is 2.79. The molecule has 0 saturated heterocycles. The number of aryl methyl sites for hydroxylation is 1. The van der Waals surface area contributed by atoms with Crippen LogP contribution < -0.4 is 0 Å². The van der Waals surface area contributed by atoms with E-state index in [2.05, 4.69) is 9.97 Å². The van der Waals surface area contributed by atoms with E-state index < -0.39 is 5.97 Å². The summed E-state index contributed by atoms with van der Waals surface area (Å²) in [6.45, 7) is 0. The van der Waals surface area contributed by atoms with Gasteiger partial charge < -0.3 is 14.2 Å². The van der Waals surface area contributed by atoms with Crippen LogP contribution in [0.1, 0.15) is 20.7 Å². The third-order valence-corrected chi connectivity index (χ3v) is 3.95. The standard InChI is InChI=1S/C18H18N4O3/c1-21(2)17(23)11-5-6-12-13(18(24)25-4)8-15(20-14(12)7-11)16-9-19-10-22(16)3/h5-10H,1-4H3. The van der Waals surface area contributed by atoms with Gasteiger partial charge >= 0.3 is 5.97 Å². The Morgan fingerprint density at radius 3 is 2.56 bits per heavy atom. The number of ether oxygens (including phenoxy) is 1. The van der Waals surface area contributed by atoms with Crippen LogP contribution in [0.25, 0.3) is 22.3 Å². The zero-order chi connectivity index (χ0) is 18.1. The van der Waals surface area contributed by atoms with Gasteiger partial charge in [0.05, 0.1) is 42.1 Å². The number of benzene rings is 1. The highest BCUT2D eigenvalue weighted by atomic mass is 16.5. The highest BCUT2D eigenvalue weighted by Crippen LogP contribution is 2.26. The Labute approximate surface area is 144 Å². The number of hydrogen-bond donors (Lipinski definition) is 0. The average Bonchev–Trinajstić information content (AvgIpc) is 3.04. The van der Waals surface area contributed by atoms with Crippen molar-refractivity contribution in [3.8, 4) is 11.4 Å². The largest absolute Gasteiger partial charge is 0.465 e. The number of carbonyl (C=O) groups is 2. The average molecular weight is 338 g/mol. The van der Waals surface area contributed by atoms with Crippen molar-refractivity contribution < 1.29 is 14.3 Å². The van der Waals surface area contributed by atoms with Crippen LogP contribution in [0.4, 0.5) is 0 Å². The molecule has 3 aromatic rings. The number of nitrogens with zero attached hydrogens (tertiary/aromatic N) is 4. The molecule has 0 spiro atoms. The highest BCUT2D eigenvalue weighted by molar-refractivity contribution is 6.06. The minimum Gasteiger partial charge on any atom is -0.465 e. The van der Waals surface area contributed by atoms with E-state index >= 15 is 0 Å². The van der Waals surface area contributed by atoms with Gasteiger partial charge in [-0.3, -0.25) is 4.79 Å². The van der Waals surface area contributed by atoms with Crippen LogP contribution in [0.5, 0.6) is 0 Å². The summed E-state index contributed by atoms with van der Waals surface area (Å²) in [6, 6.07) is 6.77. The van der Waals surface area contributed by atoms with Gasteiger partial charge in [0.2, 0.25) is 0 Å². The molecule has 0 bridgehead atoms. The molecule has 2 heterocycles. The van der Waals surface area contributed by atoms with E-state index in [0.29, 0.717) is 27.7 Å². The molecule has 0 saturated carbocycles. The molecule has 0 aliphatic carbocycles. The first-order valence-corrected chi connectivity index (χ1v) is 7.64. The number of amides is 1. The molecule has 0 radical (unpaired) electrons. The summed E-state index contributed by atoms with van der Waals surface area (Å²) in [4.78, 5) is 34.6. The molecular formula is C18H18N4O3. The third-order valence-electron chi connectivity index (χ3n) is 3.95. The summed E-state index contributed by atoms with van der Waals surface area (Å²) < 4.78 is 6.71. The van der Waals surface area contributed by atoms with Crippen LogP contribution in [-0.4, -0.2) is 52.5 Å². The molecule has 128 valence electrons. The van der Waals surface area contributed by atoms with E-state index in [1.54, 1.807) is 50.9 Å². The first kappa shape index (κ1) is 16.6. The van der Waals surface area contributed by atoms with E-state index in [1.807, 2.05) is 11.6 Å². The molecule has 0 atom stereocenters. The van der Waals surface area contributed by atoms with Gasteiger partial charge in [0.1, 0.15) is 0 Å². The predicted molar refractivity (Wildman–Crippen MR) is 93.3 cm³/mol. The molecule has 0 fully saturated rings. The second-order valence-corrected chi connectivity index (χ2v) is 5.87. The van der Waals surface area contributed by atoms with Gasteiger partial charge in [-0.25, -0.2) is 14.8 Å². The first-order valence-electron chi connectivity index (χ1n) is 7.64. The summed E-state index contributed by atoms with van der Waals surface area (Å²) in [7, 11) is 6.55. The summed E-state index contributed by atoms with van der Waals surface area (Å²) in [6.07, 6.45) is 3.33. The lowest BCUT2D eigenvalue weighted by Crippen LogP contribution is -2.21. The number of carbonyl (C=O) groups excluding carboxylic acids is 2. The molecule has 0 aliphatic heterocycles. The van der Waals surface area contributed by atoms with E-state index in [9.17, 15) is 9.59 Å². The van der Waals surface area contributed by atoms with Crippen molar-refractivity contribution in [1.82, 2.24) is 19.4 Å². The Balaban J connectivity index is 2.27. The van der Waals surface area contributed by atoms with Crippen molar-refractivity contribution in [2.75, 3.05) is 21.2 Å². The Morgan fingerprint density at radius 1 is 1.20 bits per heavy atom. The second-order valence-electron chi connectivity index (χ2n) is 5.87. The minimum absolute atomic E-state index is 0.130. The second kappa shape index (κ2) is 6.35. The smallest absolute Gasteiger partial charge is 0.338 e. The fourth-order valence-electron chi connectivity index (χ4n) is 2.63. The maximum absolute atomic E-state index is 12.2. The number of fused-ring (bicyclic) bond motifs is 1. The van der Waals surface area contributed by atoms with Gasteiger partial charge in [0.25, 0.3) is 5.91 Å². The summed E-state index contributed by atoms with van der Waals surface area (Å²) in [5.74, 6) is -0.586. The van der Waals surface area contributed by atoms with Crippen LogP contribution in [0, 0.1) is 0 Å². The SMILES string of the molecule is COC(=O)c1cc(-c2cncn2C)nc2cc(C(=O)N(C)C)ccc12. The van der Waals surface area contributed by atoms with Crippen molar-refractivity contribution in [1.29, 1.82) is 0 Å². The fraction of sp³-hybridized carbons (Fsp3) is 0.222. The van der Waals surface area contributed by atoms with Gasteiger partial charge in [0, 0.05) is 32.1 Å². The first-order chi connectivity index (χ1) is 11.9. The van der Waals surface area contributed by atoms with Crippen LogP contribution in [-0.2, 0) is 11.8 Å². The number of methoxy groups -OCH3 is 1. The molecule has 2 aromatic heterocycles. The monoisotopic (exact) mass is 338 g/mol. The zero-order valence-corrected chi connectivity index (χ0v) is 14.5. The number of rotatable bonds is 3. The van der Waals surface area contributed by atoms with E-state index in [-0.39, 0.29) is 5.91 Å². The van der Waals surface area contributed by atoms with Crippen molar-refractivity contribution in [3.05, 3.63) is 47.9 Å². The van der Waals surface area contributed by atoms with E-state index in [4.69, 9.17) is 4.74 Å². The number of imidazole rings is 1. The molecule has 0 aliphatic rings. The van der Waals surface area contributed by atoms with Crippen LogP contribution in [0.2, 0.25) is 0 Å². The molecule has 25 heavy (non-hydrogen) atoms. The van der Waals surface area contributed by atoms with Gasteiger partial charge in [-0.05, 0) is 18.2 Å². The van der Waals surface area contributed by atoms with Crippen LogP contribution in [0.15, 0.2) is 36.8 Å².